The average molecular weight is 257 g/mol. The summed E-state index contributed by atoms with van der Waals surface area (Å²) in [7, 11) is 0. The fourth-order valence-corrected chi connectivity index (χ4v) is 2.16. The minimum absolute atomic E-state index is 0.106. The Morgan fingerprint density at radius 1 is 1.57 bits per heavy atom. The first kappa shape index (κ1) is 9.61. The molecule has 1 aliphatic rings. The van der Waals surface area contributed by atoms with Gasteiger partial charge in [-0.3, -0.25) is 10.1 Å². The van der Waals surface area contributed by atoms with E-state index < -0.39 is 4.92 Å². The molecular formula is C9H9BrN2O2. The Bertz CT molecular complexity index is 394. The van der Waals surface area contributed by atoms with Crippen molar-refractivity contribution >= 4 is 21.6 Å². The molecule has 74 valence electrons. The Morgan fingerprint density at radius 3 is 2.64 bits per heavy atom. The molecule has 0 aliphatic heterocycles. The van der Waals surface area contributed by atoms with Crippen LogP contribution in [0.2, 0.25) is 0 Å². The maximum Gasteiger partial charge on any atom is 0.270 e. The van der Waals surface area contributed by atoms with E-state index in [2.05, 4.69) is 15.9 Å². The van der Waals surface area contributed by atoms with E-state index in [9.17, 15) is 10.1 Å². The molecule has 1 aliphatic carbocycles. The van der Waals surface area contributed by atoms with Gasteiger partial charge in [-0.05, 0) is 12.0 Å². The number of nitro groups is 1. The van der Waals surface area contributed by atoms with Gasteiger partial charge >= 0.3 is 0 Å². The van der Waals surface area contributed by atoms with E-state index >= 15 is 0 Å². The highest BCUT2D eigenvalue weighted by Gasteiger charge is 2.36. The molecule has 0 aromatic heterocycles. The molecule has 0 saturated heterocycles. The lowest BCUT2D eigenvalue weighted by molar-refractivity contribution is -0.384. The second-order valence-corrected chi connectivity index (χ2v) is 4.32. The Labute approximate surface area is 89.4 Å². The van der Waals surface area contributed by atoms with Crippen LogP contribution in [0.4, 0.5) is 5.69 Å². The van der Waals surface area contributed by atoms with E-state index in [4.69, 9.17) is 5.73 Å². The van der Waals surface area contributed by atoms with Crippen molar-refractivity contribution in [3.63, 3.8) is 0 Å². The van der Waals surface area contributed by atoms with Crippen molar-refractivity contribution in [3.05, 3.63) is 38.3 Å². The highest BCUT2D eigenvalue weighted by Crippen LogP contribution is 2.43. The second kappa shape index (κ2) is 3.33. The van der Waals surface area contributed by atoms with Crippen molar-refractivity contribution in [3.8, 4) is 0 Å². The first-order valence-electron chi connectivity index (χ1n) is 4.29. The number of hydrogen-bond donors (Lipinski definition) is 1. The fourth-order valence-electron chi connectivity index (χ4n) is 1.50. The predicted molar refractivity (Wildman–Crippen MR) is 56.1 cm³/mol. The third kappa shape index (κ3) is 1.65. The van der Waals surface area contributed by atoms with Crippen LogP contribution >= 0.6 is 15.9 Å². The number of halogens is 1. The molecule has 2 atom stereocenters. The molecule has 1 aromatic carbocycles. The molecule has 0 radical (unpaired) electrons. The minimum Gasteiger partial charge on any atom is -0.327 e. The van der Waals surface area contributed by atoms with Crippen molar-refractivity contribution in [1.82, 2.24) is 0 Å². The van der Waals surface area contributed by atoms with Crippen LogP contribution in [-0.2, 0) is 0 Å². The topological polar surface area (TPSA) is 69.2 Å². The van der Waals surface area contributed by atoms with Gasteiger partial charge in [-0.1, -0.05) is 22.0 Å². The van der Waals surface area contributed by atoms with Gasteiger partial charge in [0.15, 0.2) is 0 Å². The first-order valence-corrected chi connectivity index (χ1v) is 5.08. The number of rotatable bonds is 2. The van der Waals surface area contributed by atoms with Crippen LogP contribution in [0.3, 0.4) is 0 Å². The number of hydrogen-bond acceptors (Lipinski definition) is 3. The van der Waals surface area contributed by atoms with Crippen molar-refractivity contribution in [2.45, 2.75) is 18.4 Å². The summed E-state index contributed by atoms with van der Waals surface area (Å²) in [5.41, 5.74) is 6.89. The molecule has 2 N–H and O–H groups in total. The van der Waals surface area contributed by atoms with E-state index in [0.717, 1.165) is 16.5 Å². The quantitative estimate of drug-likeness (QED) is 0.652. The van der Waals surface area contributed by atoms with Gasteiger partial charge in [-0.2, -0.15) is 0 Å². The summed E-state index contributed by atoms with van der Waals surface area (Å²) in [6.45, 7) is 0. The van der Waals surface area contributed by atoms with E-state index in [1.165, 1.54) is 12.1 Å². The third-order valence-corrected chi connectivity index (χ3v) is 3.12. The normalized spacial score (nSPS) is 24.7. The van der Waals surface area contributed by atoms with Gasteiger partial charge in [0.25, 0.3) is 5.69 Å². The zero-order chi connectivity index (χ0) is 10.3. The van der Waals surface area contributed by atoms with Gasteiger partial charge in [0.1, 0.15) is 0 Å². The second-order valence-electron chi connectivity index (χ2n) is 3.47. The minimum atomic E-state index is -0.401. The monoisotopic (exact) mass is 256 g/mol. The summed E-state index contributed by atoms with van der Waals surface area (Å²) in [4.78, 5) is 10.1. The molecule has 14 heavy (non-hydrogen) atoms. The number of nitrogens with zero attached hydrogens (tertiary/aromatic N) is 1. The van der Waals surface area contributed by atoms with Crippen molar-refractivity contribution < 1.29 is 4.92 Å². The maximum atomic E-state index is 10.5. The summed E-state index contributed by atoms with van der Waals surface area (Å²) >= 11 is 3.32. The van der Waals surface area contributed by atoms with Crippen LogP contribution in [0.1, 0.15) is 17.9 Å². The molecule has 1 aromatic rings. The fraction of sp³-hybridized carbons (Fsp3) is 0.333. The first-order chi connectivity index (χ1) is 6.59. The Balaban J connectivity index is 2.32. The standard InChI is InChI=1S/C9H9BrN2O2/c10-8-3-5(12(13)14)1-2-6(8)7-4-9(7)11/h1-3,7,9H,4,11H2/t7-,9+/m0/s1. The number of nitro benzene ring substituents is 1. The van der Waals surface area contributed by atoms with Gasteiger partial charge in [0.05, 0.1) is 4.92 Å². The summed E-state index contributed by atoms with van der Waals surface area (Å²) in [5.74, 6) is 0.366. The predicted octanol–water partition coefficient (Wildman–Crippen LogP) is 2.17. The van der Waals surface area contributed by atoms with Crippen molar-refractivity contribution in [1.29, 1.82) is 0 Å². The van der Waals surface area contributed by atoms with Crippen LogP contribution in [0.25, 0.3) is 0 Å². The molecule has 5 heteroatoms. The number of benzene rings is 1. The van der Waals surface area contributed by atoms with Crippen molar-refractivity contribution in [2.75, 3.05) is 0 Å². The van der Waals surface area contributed by atoms with Crippen LogP contribution in [0.5, 0.6) is 0 Å². The highest BCUT2D eigenvalue weighted by molar-refractivity contribution is 9.10. The summed E-state index contributed by atoms with van der Waals surface area (Å²) in [6.07, 6.45) is 0.969. The Morgan fingerprint density at radius 2 is 2.21 bits per heavy atom. The Hall–Kier alpha value is -0.940. The van der Waals surface area contributed by atoms with Gasteiger partial charge in [0, 0.05) is 28.6 Å². The summed E-state index contributed by atoms with van der Waals surface area (Å²) in [5, 5.41) is 10.5. The molecule has 0 spiro atoms. The summed E-state index contributed by atoms with van der Waals surface area (Å²) < 4.78 is 0.782. The van der Waals surface area contributed by atoms with Crippen LogP contribution in [0.15, 0.2) is 22.7 Å². The molecule has 0 bridgehead atoms. The number of non-ortho nitro benzene ring substituents is 1. The van der Waals surface area contributed by atoms with Gasteiger partial charge in [-0.25, -0.2) is 0 Å². The molecule has 0 unspecified atom stereocenters. The highest BCUT2D eigenvalue weighted by atomic mass is 79.9. The van der Waals surface area contributed by atoms with Gasteiger partial charge in [-0.15, -0.1) is 0 Å². The van der Waals surface area contributed by atoms with E-state index in [1.54, 1.807) is 6.07 Å². The Kier molecular flexibility index (Phi) is 2.28. The molecule has 2 rings (SSSR count). The zero-order valence-electron chi connectivity index (χ0n) is 7.31. The average Bonchev–Trinajstić information content (AvgIpc) is 2.82. The molecule has 1 saturated carbocycles. The number of nitrogens with two attached hydrogens (primary N) is 1. The smallest absolute Gasteiger partial charge is 0.270 e. The van der Waals surface area contributed by atoms with Crippen molar-refractivity contribution in [2.24, 2.45) is 5.73 Å². The summed E-state index contributed by atoms with van der Waals surface area (Å²) in [6, 6.07) is 5.04. The SMILES string of the molecule is N[C@@H]1C[C@H]1c1ccc([N+](=O)[O-])cc1Br. The zero-order valence-corrected chi connectivity index (χ0v) is 8.90. The van der Waals surface area contributed by atoms with Gasteiger partial charge in [0.2, 0.25) is 0 Å². The molecule has 4 nitrogen and oxygen atoms in total. The van der Waals surface area contributed by atoms with Crippen LogP contribution in [0, 0.1) is 10.1 Å². The largest absolute Gasteiger partial charge is 0.327 e. The van der Waals surface area contributed by atoms with Crippen LogP contribution < -0.4 is 5.73 Å². The van der Waals surface area contributed by atoms with Gasteiger partial charge < -0.3 is 5.73 Å². The molecule has 0 amide bonds. The third-order valence-electron chi connectivity index (χ3n) is 2.43. The van der Waals surface area contributed by atoms with E-state index in [-0.39, 0.29) is 11.7 Å². The molecule has 0 heterocycles. The van der Waals surface area contributed by atoms with E-state index in [1.807, 2.05) is 0 Å². The lowest BCUT2D eigenvalue weighted by Crippen LogP contribution is -2.01. The molecular weight excluding hydrogens is 248 g/mol. The maximum absolute atomic E-state index is 10.5. The molecule has 1 fully saturated rings. The van der Waals surface area contributed by atoms with Crippen LogP contribution in [-0.4, -0.2) is 11.0 Å². The lowest BCUT2D eigenvalue weighted by Gasteiger charge is -2.01. The lowest BCUT2D eigenvalue weighted by atomic mass is 10.1. The van der Waals surface area contributed by atoms with E-state index in [0.29, 0.717) is 5.92 Å².